The van der Waals surface area contributed by atoms with Crippen LogP contribution in [0.4, 0.5) is 0 Å². The maximum Gasteiger partial charge on any atom is 0.270 e. The number of carbonyl (C=O) groups is 1. The van der Waals surface area contributed by atoms with Crippen molar-refractivity contribution >= 4 is 17.5 Å². The van der Waals surface area contributed by atoms with Crippen molar-refractivity contribution in [2.24, 2.45) is 5.92 Å². The Labute approximate surface area is 195 Å². The van der Waals surface area contributed by atoms with Gasteiger partial charge in [-0.05, 0) is 55.5 Å². The molecule has 8 nitrogen and oxygen atoms in total. The number of nitrogens with zero attached hydrogens (tertiary/aromatic N) is 6. The number of para-hydroxylation sites is 1. The number of aromatic nitrogens is 6. The third kappa shape index (κ3) is 3.38. The van der Waals surface area contributed by atoms with Gasteiger partial charge in [-0.15, -0.1) is 10.2 Å². The largest absolute Gasteiger partial charge is 0.345 e. The van der Waals surface area contributed by atoms with Crippen molar-refractivity contribution in [1.29, 1.82) is 0 Å². The van der Waals surface area contributed by atoms with E-state index in [1.165, 1.54) is 6.33 Å². The molecule has 3 heterocycles. The molecule has 3 aromatic heterocycles. The van der Waals surface area contributed by atoms with Crippen molar-refractivity contribution in [3.05, 3.63) is 83.8 Å². The molecule has 0 radical (unpaired) electrons. The summed E-state index contributed by atoms with van der Waals surface area (Å²) >= 11 is 6.59. The predicted octanol–water partition coefficient (Wildman–Crippen LogP) is 3.84. The number of pyridine rings is 1. The lowest BCUT2D eigenvalue weighted by Crippen LogP contribution is -2.51. The van der Waals surface area contributed by atoms with Crippen molar-refractivity contribution in [2.75, 3.05) is 0 Å². The van der Waals surface area contributed by atoms with Crippen molar-refractivity contribution in [2.45, 2.75) is 30.7 Å². The summed E-state index contributed by atoms with van der Waals surface area (Å²) in [6, 6.07) is 14.8. The highest BCUT2D eigenvalue weighted by Crippen LogP contribution is 2.59. The molecule has 0 saturated heterocycles. The quantitative estimate of drug-likeness (QED) is 0.489. The van der Waals surface area contributed by atoms with Crippen molar-refractivity contribution in [3.8, 4) is 17.2 Å². The average molecular weight is 458 g/mol. The number of benzene rings is 1. The lowest BCUT2D eigenvalue weighted by molar-refractivity contribution is 0.0834. The van der Waals surface area contributed by atoms with E-state index in [1.807, 2.05) is 41.0 Å². The van der Waals surface area contributed by atoms with Gasteiger partial charge in [-0.3, -0.25) is 14.3 Å². The smallest absolute Gasteiger partial charge is 0.270 e. The Hall–Kier alpha value is -3.65. The third-order valence-electron chi connectivity index (χ3n) is 6.69. The predicted molar refractivity (Wildman–Crippen MR) is 122 cm³/mol. The summed E-state index contributed by atoms with van der Waals surface area (Å²) in [7, 11) is 0. The van der Waals surface area contributed by atoms with Crippen LogP contribution in [0.3, 0.4) is 0 Å². The van der Waals surface area contributed by atoms with Gasteiger partial charge in [0.25, 0.3) is 5.91 Å². The first-order valence-corrected chi connectivity index (χ1v) is 11.2. The van der Waals surface area contributed by atoms with E-state index in [4.69, 9.17) is 11.6 Å². The summed E-state index contributed by atoms with van der Waals surface area (Å²) in [4.78, 5) is 25.3. The van der Waals surface area contributed by atoms with Crippen molar-refractivity contribution in [3.63, 3.8) is 0 Å². The van der Waals surface area contributed by atoms with E-state index in [0.717, 1.165) is 30.8 Å². The Morgan fingerprint density at radius 1 is 1.00 bits per heavy atom. The molecule has 1 amide bonds. The van der Waals surface area contributed by atoms with Gasteiger partial charge in [0.2, 0.25) is 0 Å². The Morgan fingerprint density at radius 2 is 1.85 bits per heavy atom. The number of nitrogens with one attached hydrogen (secondary N) is 1. The van der Waals surface area contributed by atoms with Crippen LogP contribution in [0.25, 0.3) is 17.2 Å². The SMILES string of the molecule is O=C(NC12CC(C1)C(c1nnc(-c3ccncn3)n1-c1ccccc1Cl)C2)c1ccccn1. The summed E-state index contributed by atoms with van der Waals surface area (Å²) in [6.45, 7) is 0. The monoisotopic (exact) mass is 457 g/mol. The molecular weight excluding hydrogens is 438 g/mol. The van der Waals surface area contributed by atoms with E-state index in [9.17, 15) is 4.79 Å². The second-order valence-electron chi connectivity index (χ2n) is 8.69. The Balaban J connectivity index is 1.35. The molecule has 4 aromatic rings. The molecule has 1 aromatic carbocycles. The molecule has 164 valence electrons. The number of hydrogen-bond donors (Lipinski definition) is 1. The average Bonchev–Trinajstić information content (AvgIpc) is 3.51. The fourth-order valence-corrected chi connectivity index (χ4v) is 5.46. The van der Waals surface area contributed by atoms with Gasteiger partial charge in [0.15, 0.2) is 5.82 Å². The molecule has 1 unspecified atom stereocenters. The molecule has 1 atom stereocenters. The molecule has 0 spiro atoms. The van der Waals surface area contributed by atoms with Crippen LogP contribution in [-0.2, 0) is 0 Å². The molecule has 0 aliphatic heterocycles. The molecule has 3 fully saturated rings. The number of halogens is 1. The standard InChI is InChI=1S/C24H20ClN7O/c25-17-5-1-2-7-20(17)32-21(30-31-22(32)18-8-10-26-14-28-18)16-13-24(11-15(16)12-24)29-23(33)19-6-3-4-9-27-19/h1-10,14-16H,11-13H2,(H,29,33). The highest BCUT2D eigenvalue weighted by Gasteiger charge is 2.58. The van der Waals surface area contributed by atoms with Gasteiger partial charge in [-0.2, -0.15) is 0 Å². The molecule has 3 aliphatic carbocycles. The van der Waals surface area contributed by atoms with E-state index >= 15 is 0 Å². The normalized spacial score (nSPS) is 23.2. The van der Waals surface area contributed by atoms with Crippen molar-refractivity contribution < 1.29 is 4.79 Å². The Bertz CT molecular complexity index is 1320. The lowest BCUT2D eigenvalue weighted by Gasteiger charge is -2.39. The highest BCUT2D eigenvalue weighted by molar-refractivity contribution is 6.32. The van der Waals surface area contributed by atoms with Gasteiger partial charge in [-0.25, -0.2) is 9.97 Å². The van der Waals surface area contributed by atoms with E-state index < -0.39 is 0 Å². The summed E-state index contributed by atoms with van der Waals surface area (Å²) < 4.78 is 2.00. The third-order valence-corrected chi connectivity index (χ3v) is 7.01. The van der Waals surface area contributed by atoms with E-state index in [1.54, 1.807) is 24.5 Å². The van der Waals surface area contributed by atoms with Crippen LogP contribution in [0, 0.1) is 5.92 Å². The molecule has 2 bridgehead atoms. The second-order valence-corrected chi connectivity index (χ2v) is 9.10. The highest BCUT2D eigenvalue weighted by atomic mass is 35.5. The van der Waals surface area contributed by atoms with E-state index in [-0.39, 0.29) is 17.4 Å². The van der Waals surface area contributed by atoms with E-state index in [0.29, 0.717) is 28.2 Å². The van der Waals surface area contributed by atoms with Gasteiger partial charge >= 0.3 is 0 Å². The van der Waals surface area contributed by atoms with Gasteiger partial charge in [0, 0.05) is 23.9 Å². The molecule has 1 N–H and O–H groups in total. The van der Waals surface area contributed by atoms with Crippen LogP contribution in [0.15, 0.2) is 67.3 Å². The van der Waals surface area contributed by atoms with Crippen LogP contribution in [-0.4, -0.2) is 41.2 Å². The van der Waals surface area contributed by atoms with Gasteiger partial charge in [0.05, 0.1) is 10.7 Å². The number of rotatable bonds is 5. The zero-order chi connectivity index (χ0) is 22.4. The first-order valence-electron chi connectivity index (χ1n) is 10.8. The van der Waals surface area contributed by atoms with Crippen LogP contribution in [0.5, 0.6) is 0 Å². The Kier molecular flexibility index (Phi) is 4.69. The Morgan fingerprint density at radius 3 is 2.61 bits per heavy atom. The van der Waals surface area contributed by atoms with Crippen LogP contribution in [0.1, 0.15) is 41.5 Å². The number of carbonyl (C=O) groups excluding carboxylic acids is 1. The molecule has 9 heteroatoms. The fourth-order valence-electron chi connectivity index (χ4n) is 5.24. The molecule has 3 saturated carbocycles. The molecule has 7 rings (SSSR count). The number of hydrogen-bond acceptors (Lipinski definition) is 6. The van der Waals surface area contributed by atoms with Gasteiger partial charge in [0.1, 0.15) is 23.5 Å². The van der Waals surface area contributed by atoms with E-state index in [2.05, 4.69) is 30.5 Å². The first kappa shape index (κ1) is 20.0. The molecular formula is C24H20ClN7O. The van der Waals surface area contributed by atoms with Crippen LogP contribution >= 0.6 is 11.6 Å². The summed E-state index contributed by atoms with van der Waals surface area (Å²) in [5.74, 6) is 1.89. The summed E-state index contributed by atoms with van der Waals surface area (Å²) in [5, 5.41) is 13.0. The zero-order valence-electron chi connectivity index (χ0n) is 17.6. The number of amides is 1. The lowest BCUT2D eigenvalue weighted by atomic mass is 9.76. The molecule has 33 heavy (non-hydrogen) atoms. The fraction of sp³-hybridized carbons (Fsp3) is 0.250. The maximum atomic E-state index is 12.8. The van der Waals surface area contributed by atoms with Crippen molar-refractivity contribution in [1.82, 2.24) is 35.0 Å². The maximum absolute atomic E-state index is 12.8. The number of fused-ring (bicyclic) bond motifs is 1. The first-order chi connectivity index (χ1) is 16.1. The van der Waals surface area contributed by atoms with Crippen LogP contribution < -0.4 is 5.32 Å². The molecule has 3 aliphatic rings. The van der Waals surface area contributed by atoms with Crippen LogP contribution in [0.2, 0.25) is 5.02 Å². The minimum absolute atomic E-state index is 0.135. The van der Waals surface area contributed by atoms with Gasteiger partial charge < -0.3 is 5.32 Å². The second kappa shape index (κ2) is 7.74. The minimum atomic E-state index is -0.240. The summed E-state index contributed by atoms with van der Waals surface area (Å²) in [6.07, 6.45) is 7.43. The zero-order valence-corrected chi connectivity index (χ0v) is 18.4. The van der Waals surface area contributed by atoms with Gasteiger partial charge in [-0.1, -0.05) is 29.8 Å². The minimum Gasteiger partial charge on any atom is -0.345 e. The topological polar surface area (TPSA) is 98.5 Å². The summed E-state index contributed by atoms with van der Waals surface area (Å²) in [5.41, 5.74) is 1.68.